The van der Waals surface area contributed by atoms with E-state index in [1.807, 2.05) is 83.0 Å². The lowest BCUT2D eigenvalue weighted by Crippen LogP contribution is -2.47. The molecule has 0 unspecified atom stereocenters. The van der Waals surface area contributed by atoms with E-state index in [4.69, 9.17) is 14.2 Å². The zero-order valence-corrected chi connectivity index (χ0v) is 43.1. The molecular weight excluding hydrogens is 824 g/mol. The molecule has 2 amide bonds. The van der Waals surface area contributed by atoms with Crippen LogP contribution in [0.3, 0.4) is 0 Å². The highest BCUT2D eigenvalue weighted by Crippen LogP contribution is 2.18. The average molecular weight is 917 g/mol. The fourth-order valence-electron chi connectivity index (χ4n) is 7.63. The van der Waals surface area contributed by atoms with Crippen molar-refractivity contribution in [1.29, 1.82) is 0 Å². The van der Waals surface area contributed by atoms with Gasteiger partial charge in [-0.2, -0.15) is 0 Å². The van der Waals surface area contributed by atoms with Gasteiger partial charge in [-0.3, -0.25) is 0 Å². The fraction of sp³-hybridized carbons (Fsp3) is 0.826. The van der Waals surface area contributed by atoms with Gasteiger partial charge in [0.2, 0.25) is 0 Å². The second-order valence-corrected chi connectivity index (χ2v) is 20.1. The molecule has 15 nitrogen and oxygen atoms in total. The minimum absolute atomic E-state index is 0.223. The normalized spacial score (nSPS) is 12.1. The van der Waals surface area contributed by atoms with E-state index in [2.05, 4.69) is 21.8 Å². The maximum atomic E-state index is 12.4. The molecule has 0 aliphatic carbocycles. The second kappa shape index (κ2) is 33.2. The van der Waals surface area contributed by atoms with Crippen molar-refractivity contribution in [2.24, 2.45) is 5.92 Å². The van der Waals surface area contributed by atoms with Crippen molar-refractivity contribution in [3.63, 3.8) is 0 Å². The lowest BCUT2D eigenvalue weighted by Gasteiger charge is -2.33. The Hall–Kier alpha value is -2.34. The van der Waals surface area contributed by atoms with Crippen LogP contribution in [0.5, 0.6) is 0 Å². The summed E-state index contributed by atoms with van der Waals surface area (Å²) in [5, 5.41) is 43.1. The average Bonchev–Trinajstić information content (AvgIpc) is 3.20. The number of benzene rings is 1. The van der Waals surface area contributed by atoms with Gasteiger partial charge in [0.05, 0.1) is 6.61 Å². The molecule has 372 valence electrons. The van der Waals surface area contributed by atoms with Crippen molar-refractivity contribution in [1.82, 2.24) is 29.0 Å². The van der Waals surface area contributed by atoms with Gasteiger partial charge >= 0.3 is 40.4 Å². The van der Waals surface area contributed by atoms with E-state index in [9.17, 15) is 29.7 Å². The van der Waals surface area contributed by atoms with E-state index >= 15 is 0 Å². The van der Waals surface area contributed by atoms with E-state index in [-0.39, 0.29) is 18.1 Å². The van der Waals surface area contributed by atoms with Crippen molar-refractivity contribution in [3.8, 4) is 0 Å². The minimum Gasteiger partial charge on any atom is -0.444 e. The Morgan fingerprint density at radius 1 is 0.523 bits per heavy atom. The molecule has 0 heterocycles. The fourth-order valence-corrected chi connectivity index (χ4v) is 7.63. The maximum absolute atomic E-state index is 12.4. The molecule has 4 N–H and O–H groups in total. The highest BCUT2D eigenvalue weighted by atomic mass is 16.6. The van der Waals surface area contributed by atoms with E-state index in [1.165, 1.54) is 5.56 Å². The van der Waals surface area contributed by atoms with Gasteiger partial charge in [-0.25, -0.2) is 9.59 Å². The molecule has 0 saturated carbocycles. The Bertz CT molecular complexity index is 1300. The number of ether oxygens (including phenoxy) is 3. The Morgan fingerprint density at radius 2 is 0.892 bits per heavy atom. The molecule has 0 radical (unpaired) electrons. The Morgan fingerprint density at radius 3 is 1.28 bits per heavy atom. The van der Waals surface area contributed by atoms with Gasteiger partial charge in [0.1, 0.15) is 11.2 Å². The lowest BCUT2D eigenvalue weighted by atomic mass is 9.80. The summed E-state index contributed by atoms with van der Waals surface area (Å²) in [5.74, 6) is 0.223. The third kappa shape index (κ3) is 30.6. The molecule has 0 saturated heterocycles. The number of carbonyl (C=O) groups excluding carboxylic acids is 2. The van der Waals surface area contributed by atoms with Crippen molar-refractivity contribution in [2.45, 2.75) is 157 Å². The number of carbonyl (C=O) groups is 2. The summed E-state index contributed by atoms with van der Waals surface area (Å²) in [6.07, 6.45) is 9.26. The largest absolute Gasteiger partial charge is 0.444 e. The first-order valence-corrected chi connectivity index (χ1v) is 24.7. The highest BCUT2D eigenvalue weighted by molar-refractivity contribution is 6.46. The molecule has 0 atom stereocenters. The molecular formula is C46H92B4N6O9. The van der Waals surface area contributed by atoms with E-state index < -0.39 is 39.4 Å². The van der Waals surface area contributed by atoms with Crippen LogP contribution in [0.1, 0.15) is 118 Å². The zero-order valence-electron chi connectivity index (χ0n) is 43.1. The van der Waals surface area contributed by atoms with Crippen LogP contribution < -0.4 is 0 Å². The smallest absolute Gasteiger partial charge is 0.410 e. The van der Waals surface area contributed by atoms with Crippen molar-refractivity contribution in [2.75, 3.05) is 86.1 Å². The summed E-state index contributed by atoms with van der Waals surface area (Å²) < 4.78 is 16.9. The van der Waals surface area contributed by atoms with Gasteiger partial charge in [0.15, 0.2) is 0 Å². The van der Waals surface area contributed by atoms with Gasteiger partial charge in [-0.15, -0.1) is 0 Å². The molecule has 0 spiro atoms. The van der Waals surface area contributed by atoms with Gasteiger partial charge in [0.25, 0.3) is 0 Å². The number of hydrogen-bond acceptors (Lipinski definition) is 13. The first-order chi connectivity index (χ1) is 30.5. The maximum Gasteiger partial charge on any atom is 0.410 e. The minimum atomic E-state index is -0.633. The van der Waals surface area contributed by atoms with E-state index in [0.717, 1.165) is 64.4 Å². The third-order valence-electron chi connectivity index (χ3n) is 11.4. The lowest BCUT2D eigenvalue weighted by molar-refractivity contribution is 0.0284. The number of rotatable bonds is 35. The summed E-state index contributed by atoms with van der Waals surface area (Å²) in [6.45, 7) is 26.2. The SMILES string of the molecule is CB(O)N(CCCCN(CC(CCCCCCOCc1ccccc1)CN(CCCCN(CCCN(C)C(=O)OC(C)(C)C)B(C)O)B(C)O)B(C)O)CCCN(C)C(=O)OC(C)(C)C. The van der Waals surface area contributed by atoms with Crippen LogP contribution in [0.2, 0.25) is 27.3 Å². The molecule has 1 rings (SSSR count). The van der Waals surface area contributed by atoms with Crippen molar-refractivity contribution in [3.05, 3.63) is 35.9 Å². The molecule has 0 aliphatic rings. The van der Waals surface area contributed by atoms with Gasteiger partial charge < -0.3 is 63.4 Å². The summed E-state index contributed by atoms with van der Waals surface area (Å²) in [7, 11) is 0.964. The monoisotopic (exact) mass is 917 g/mol. The molecule has 0 aromatic heterocycles. The standard InChI is InChI=1S/C46H92B4N6O9/c1-45(2,3)64-43(57)51(11)29-24-35-53(47(7)59)31-19-21-33-55(49(9)61)38-42(28-16-13-14-23-37-63-40-41-26-17-15-18-27-41)39-56(50(10)62)34-22-20-32-54(48(8)60)36-25-30-52(12)44(58)65-46(4,5)6/h15,17-18,26-27,42,59-62H,13-14,16,19-25,28-40H2,1-12H3. The van der Waals surface area contributed by atoms with E-state index in [1.54, 1.807) is 37.5 Å². The summed E-state index contributed by atoms with van der Waals surface area (Å²) in [6, 6.07) is 10.2. The third-order valence-corrected chi connectivity index (χ3v) is 11.4. The number of hydrogen-bond donors (Lipinski definition) is 4. The highest BCUT2D eigenvalue weighted by Gasteiger charge is 2.27. The Balaban J connectivity index is 2.83. The Labute approximate surface area is 397 Å². The molecule has 0 aliphatic heterocycles. The topological polar surface area (TPSA) is 162 Å². The predicted octanol–water partition coefficient (Wildman–Crippen LogP) is 6.49. The van der Waals surface area contributed by atoms with E-state index in [0.29, 0.717) is 84.9 Å². The number of unbranched alkanes of at least 4 members (excludes halogenated alkanes) is 5. The molecule has 65 heavy (non-hydrogen) atoms. The Kier molecular flexibility index (Phi) is 31.0. The first-order valence-electron chi connectivity index (χ1n) is 24.7. The van der Waals surface area contributed by atoms with Crippen LogP contribution in [-0.2, 0) is 20.8 Å². The molecule has 19 heteroatoms. The molecule has 1 aromatic carbocycles. The van der Waals surface area contributed by atoms with Crippen LogP contribution in [0.25, 0.3) is 0 Å². The van der Waals surface area contributed by atoms with Gasteiger partial charge in [-0.1, -0.05) is 49.6 Å². The van der Waals surface area contributed by atoms with Crippen LogP contribution >= 0.6 is 0 Å². The van der Waals surface area contributed by atoms with Crippen LogP contribution in [-0.4, -0.2) is 187 Å². The second-order valence-electron chi connectivity index (χ2n) is 20.1. The van der Waals surface area contributed by atoms with Crippen LogP contribution in [0.4, 0.5) is 9.59 Å². The predicted molar refractivity (Wildman–Crippen MR) is 270 cm³/mol. The summed E-state index contributed by atoms with van der Waals surface area (Å²) in [5.41, 5.74) is 0.0753. The summed E-state index contributed by atoms with van der Waals surface area (Å²) >= 11 is 0. The molecule has 1 aromatic rings. The zero-order chi connectivity index (χ0) is 49.0. The van der Waals surface area contributed by atoms with Crippen molar-refractivity contribution >= 4 is 40.4 Å². The van der Waals surface area contributed by atoms with Crippen LogP contribution in [0, 0.1) is 5.92 Å². The number of amides is 2. The van der Waals surface area contributed by atoms with Gasteiger partial charge in [0, 0.05) is 33.8 Å². The summed E-state index contributed by atoms with van der Waals surface area (Å²) in [4.78, 5) is 36.3. The molecule has 0 bridgehead atoms. The first kappa shape index (κ1) is 60.7. The molecule has 0 fully saturated rings. The van der Waals surface area contributed by atoms with Gasteiger partial charge in [-0.05, 0) is 184 Å². The number of nitrogens with zero attached hydrogens (tertiary/aromatic N) is 6. The quantitative estimate of drug-likeness (QED) is 0.0432. The van der Waals surface area contributed by atoms with Crippen molar-refractivity contribution < 1.29 is 43.9 Å². The van der Waals surface area contributed by atoms with Crippen LogP contribution in [0.15, 0.2) is 30.3 Å².